The highest BCUT2D eigenvalue weighted by molar-refractivity contribution is 6.39. The summed E-state index contributed by atoms with van der Waals surface area (Å²) in [6.07, 6.45) is 0.860. The first-order chi connectivity index (χ1) is 10.6. The molecule has 0 bridgehead atoms. The van der Waals surface area contributed by atoms with Crippen LogP contribution < -0.4 is 15.5 Å². The summed E-state index contributed by atoms with van der Waals surface area (Å²) in [5.74, 6) is -1.21. The smallest absolute Gasteiger partial charge is 0.313 e. The van der Waals surface area contributed by atoms with E-state index in [1.807, 2.05) is 19.1 Å². The van der Waals surface area contributed by atoms with Gasteiger partial charge in [0.2, 0.25) is 0 Å². The lowest BCUT2D eigenvalue weighted by Crippen LogP contribution is -3.14. The average Bonchev–Trinajstić information content (AvgIpc) is 2.54. The molecule has 0 aliphatic carbocycles. The molecule has 0 atom stereocenters. The number of carbonyl (C=O) groups excluding carboxylic acids is 2. The van der Waals surface area contributed by atoms with Crippen molar-refractivity contribution in [1.82, 2.24) is 5.32 Å². The molecule has 22 heavy (non-hydrogen) atoms. The van der Waals surface area contributed by atoms with Crippen LogP contribution in [0.15, 0.2) is 24.3 Å². The molecule has 6 nitrogen and oxygen atoms in total. The van der Waals surface area contributed by atoms with Crippen molar-refractivity contribution in [1.29, 1.82) is 0 Å². The Morgan fingerprint density at radius 2 is 1.82 bits per heavy atom. The molecule has 0 spiro atoms. The largest absolute Gasteiger partial charge is 0.370 e. The number of anilines is 1. The van der Waals surface area contributed by atoms with Crippen LogP contribution in [0.5, 0.6) is 0 Å². The van der Waals surface area contributed by atoms with Crippen molar-refractivity contribution in [3.05, 3.63) is 29.8 Å². The number of amides is 2. The SMILES string of the molecule is Cc1ccc(NC(=O)C(=O)NCCC[NH+]2CCOCC2)cc1. The molecule has 0 radical (unpaired) electrons. The third kappa shape index (κ3) is 5.46. The number of ether oxygens (including phenoxy) is 1. The topological polar surface area (TPSA) is 71.9 Å². The number of hydrogen-bond donors (Lipinski definition) is 3. The van der Waals surface area contributed by atoms with E-state index in [1.165, 1.54) is 4.90 Å². The van der Waals surface area contributed by atoms with E-state index in [0.29, 0.717) is 12.2 Å². The minimum Gasteiger partial charge on any atom is -0.370 e. The van der Waals surface area contributed by atoms with Crippen molar-refractivity contribution in [2.24, 2.45) is 0 Å². The molecule has 1 fully saturated rings. The Morgan fingerprint density at radius 3 is 2.50 bits per heavy atom. The van der Waals surface area contributed by atoms with Crippen molar-refractivity contribution in [2.75, 3.05) is 44.7 Å². The average molecular weight is 306 g/mol. The molecule has 2 amide bonds. The van der Waals surface area contributed by atoms with Crippen molar-refractivity contribution >= 4 is 17.5 Å². The Morgan fingerprint density at radius 1 is 1.14 bits per heavy atom. The molecule has 0 aromatic heterocycles. The van der Waals surface area contributed by atoms with E-state index in [2.05, 4.69) is 10.6 Å². The molecule has 1 aromatic carbocycles. The molecule has 6 heteroatoms. The van der Waals surface area contributed by atoms with E-state index >= 15 is 0 Å². The number of carbonyl (C=O) groups is 2. The molecule has 1 heterocycles. The predicted molar refractivity (Wildman–Crippen MR) is 83.8 cm³/mol. The number of hydrogen-bond acceptors (Lipinski definition) is 3. The summed E-state index contributed by atoms with van der Waals surface area (Å²) in [6, 6.07) is 7.34. The normalized spacial score (nSPS) is 15.3. The van der Waals surface area contributed by atoms with Crippen molar-refractivity contribution in [2.45, 2.75) is 13.3 Å². The Bertz CT molecular complexity index is 496. The minimum atomic E-state index is -0.623. The third-order valence-corrected chi connectivity index (χ3v) is 3.71. The number of aryl methyl sites for hydroxylation is 1. The fourth-order valence-corrected chi connectivity index (χ4v) is 2.36. The summed E-state index contributed by atoms with van der Waals surface area (Å²) in [4.78, 5) is 25.0. The van der Waals surface area contributed by atoms with Crippen LogP contribution in [0.4, 0.5) is 5.69 Å². The molecule has 0 saturated carbocycles. The number of quaternary nitrogens is 1. The van der Waals surface area contributed by atoms with Gasteiger partial charge < -0.3 is 20.3 Å². The fourth-order valence-electron chi connectivity index (χ4n) is 2.36. The Labute approximate surface area is 130 Å². The number of benzene rings is 1. The van der Waals surface area contributed by atoms with E-state index in [0.717, 1.165) is 44.8 Å². The predicted octanol–water partition coefficient (Wildman–Crippen LogP) is -0.645. The van der Waals surface area contributed by atoms with Gasteiger partial charge in [-0.3, -0.25) is 9.59 Å². The van der Waals surface area contributed by atoms with E-state index in [1.54, 1.807) is 12.1 Å². The highest BCUT2D eigenvalue weighted by Crippen LogP contribution is 2.08. The summed E-state index contributed by atoms with van der Waals surface area (Å²) in [5.41, 5.74) is 1.73. The maximum Gasteiger partial charge on any atom is 0.313 e. The zero-order chi connectivity index (χ0) is 15.8. The number of nitrogens with one attached hydrogen (secondary N) is 3. The van der Waals surface area contributed by atoms with E-state index in [4.69, 9.17) is 4.74 Å². The molecule has 1 aliphatic rings. The lowest BCUT2D eigenvalue weighted by Gasteiger charge is -2.23. The van der Waals surface area contributed by atoms with Gasteiger partial charge in [-0.15, -0.1) is 0 Å². The fraction of sp³-hybridized carbons (Fsp3) is 0.500. The van der Waals surface area contributed by atoms with Gasteiger partial charge in [0.15, 0.2) is 0 Å². The Balaban J connectivity index is 1.63. The van der Waals surface area contributed by atoms with Crippen LogP contribution in [0.3, 0.4) is 0 Å². The summed E-state index contributed by atoms with van der Waals surface area (Å²) in [5, 5.41) is 5.24. The van der Waals surface area contributed by atoms with Gasteiger partial charge in [-0.25, -0.2) is 0 Å². The summed E-state index contributed by atoms with van der Waals surface area (Å²) in [7, 11) is 0. The van der Waals surface area contributed by atoms with Gasteiger partial charge in [-0.1, -0.05) is 17.7 Å². The van der Waals surface area contributed by atoms with Crippen LogP contribution in [0.25, 0.3) is 0 Å². The first kappa shape index (κ1) is 16.5. The van der Waals surface area contributed by atoms with Gasteiger partial charge in [0.05, 0.1) is 19.8 Å². The highest BCUT2D eigenvalue weighted by Gasteiger charge is 2.15. The molecule has 1 saturated heterocycles. The van der Waals surface area contributed by atoms with Gasteiger partial charge in [0.25, 0.3) is 0 Å². The van der Waals surface area contributed by atoms with E-state index < -0.39 is 11.8 Å². The van der Waals surface area contributed by atoms with Crippen LogP contribution in [0, 0.1) is 6.92 Å². The third-order valence-electron chi connectivity index (χ3n) is 3.71. The first-order valence-electron chi connectivity index (χ1n) is 7.72. The quantitative estimate of drug-likeness (QED) is 0.500. The van der Waals surface area contributed by atoms with Crippen LogP contribution in [-0.2, 0) is 14.3 Å². The Hall–Kier alpha value is -1.92. The second-order valence-corrected chi connectivity index (χ2v) is 5.54. The molecular formula is C16H24N3O3+. The van der Waals surface area contributed by atoms with Crippen molar-refractivity contribution in [3.8, 4) is 0 Å². The molecule has 0 unspecified atom stereocenters. The molecule has 1 aliphatic heterocycles. The van der Waals surface area contributed by atoms with Crippen molar-refractivity contribution in [3.63, 3.8) is 0 Å². The molecule has 1 aromatic rings. The monoisotopic (exact) mass is 306 g/mol. The van der Waals surface area contributed by atoms with Gasteiger partial charge in [0, 0.05) is 18.7 Å². The zero-order valence-corrected chi connectivity index (χ0v) is 13.0. The van der Waals surface area contributed by atoms with Crippen LogP contribution >= 0.6 is 0 Å². The second-order valence-electron chi connectivity index (χ2n) is 5.54. The maximum atomic E-state index is 11.7. The lowest BCUT2D eigenvalue weighted by molar-refractivity contribution is -0.908. The maximum absolute atomic E-state index is 11.7. The van der Waals surface area contributed by atoms with Crippen molar-refractivity contribution < 1.29 is 19.2 Å². The first-order valence-corrected chi connectivity index (χ1v) is 7.72. The molecule has 120 valence electrons. The summed E-state index contributed by atoms with van der Waals surface area (Å²) >= 11 is 0. The van der Waals surface area contributed by atoms with Gasteiger partial charge >= 0.3 is 11.8 Å². The molecule has 3 N–H and O–H groups in total. The van der Waals surface area contributed by atoms with Crippen LogP contribution in [0.2, 0.25) is 0 Å². The van der Waals surface area contributed by atoms with Crippen LogP contribution in [-0.4, -0.2) is 51.2 Å². The standard InChI is InChI=1S/C16H23N3O3/c1-13-3-5-14(6-4-13)18-16(21)15(20)17-7-2-8-19-9-11-22-12-10-19/h3-6H,2,7-12H2,1H3,(H,17,20)(H,18,21)/p+1. The van der Waals surface area contributed by atoms with Gasteiger partial charge in [-0.2, -0.15) is 0 Å². The molecule has 2 rings (SSSR count). The van der Waals surface area contributed by atoms with E-state index in [-0.39, 0.29) is 0 Å². The van der Waals surface area contributed by atoms with Crippen LogP contribution in [0.1, 0.15) is 12.0 Å². The van der Waals surface area contributed by atoms with E-state index in [9.17, 15) is 9.59 Å². The highest BCUT2D eigenvalue weighted by atomic mass is 16.5. The van der Waals surface area contributed by atoms with Gasteiger partial charge in [0.1, 0.15) is 13.1 Å². The zero-order valence-electron chi connectivity index (χ0n) is 13.0. The summed E-state index contributed by atoms with van der Waals surface area (Å²) < 4.78 is 5.30. The Kier molecular flexibility index (Phi) is 6.36. The molecular weight excluding hydrogens is 282 g/mol. The minimum absolute atomic E-state index is 0.518. The van der Waals surface area contributed by atoms with Gasteiger partial charge in [-0.05, 0) is 19.1 Å². The summed E-state index contributed by atoms with van der Waals surface area (Å²) in [6.45, 7) is 7.12. The number of morpholine rings is 1. The number of rotatable bonds is 5. The lowest BCUT2D eigenvalue weighted by atomic mass is 10.2. The second kappa shape index (κ2) is 8.51.